The third-order valence-corrected chi connectivity index (χ3v) is 9.65. The van der Waals surface area contributed by atoms with E-state index in [1.54, 1.807) is 24.3 Å². The molecule has 0 aliphatic heterocycles. The number of sulfonamides is 1. The molecule has 1 aliphatic rings. The summed E-state index contributed by atoms with van der Waals surface area (Å²) >= 11 is 12.7. The van der Waals surface area contributed by atoms with E-state index in [1.807, 2.05) is 37.3 Å². The highest BCUT2D eigenvalue weighted by atomic mass is 35.5. The Kier molecular flexibility index (Phi) is 10.7. The number of benzene rings is 3. The zero-order valence-corrected chi connectivity index (χ0v) is 25.3. The van der Waals surface area contributed by atoms with Crippen LogP contribution in [0.3, 0.4) is 0 Å². The fourth-order valence-corrected chi connectivity index (χ4v) is 7.04. The van der Waals surface area contributed by atoms with Crippen LogP contribution >= 0.6 is 23.2 Å². The Bertz CT molecular complexity index is 1430. The quantitative estimate of drug-likeness (QED) is 0.269. The average molecular weight is 617 g/mol. The van der Waals surface area contributed by atoms with Gasteiger partial charge in [0.05, 0.1) is 15.6 Å². The van der Waals surface area contributed by atoms with Gasteiger partial charge in [-0.1, -0.05) is 97.9 Å². The lowest BCUT2D eigenvalue weighted by Crippen LogP contribution is -2.54. The SMILES string of the molecule is CC[C@H](C(=O)NC1CCCCC1)N(Cc1ccccc1)C(=O)CN(c1cc(Cl)ccc1Cl)S(=O)(=O)c1ccccc1. The minimum absolute atomic E-state index is 0.000495. The molecule has 1 N–H and O–H groups in total. The molecule has 1 aliphatic carbocycles. The van der Waals surface area contributed by atoms with Crippen LogP contribution in [0, 0.1) is 0 Å². The molecule has 0 spiro atoms. The van der Waals surface area contributed by atoms with E-state index in [9.17, 15) is 18.0 Å². The molecule has 10 heteroatoms. The second kappa shape index (κ2) is 14.2. The Labute approximate surface area is 252 Å². The van der Waals surface area contributed by atoms with Crippen molar-refractivity contribution in [1.82, 2.24) is 10.2 Å². The third-order valence-electron chi connectivity index (χ3n) is 7.32. The Balaban J connectivity index is 1.71. The van der Waals surface area contributed by atoms with Crippen molar-refractivity contribution in [1.29, 1.82) is 0 Å². The summed E-state index contributed by atoms with van der Waals surface area (Å²) in [6.07, 6.45) is 5.44. The van der Waals surface area contributed by atoms with Crippen molar-refractivity contribution in [3.8, 4) is 0 Å². The second-order valence-corrected chi connectivity index (χ2v) is 12.9. The molecular weight excluding hydrogens is 581 g/mol. The van der Waals surface area contributed by atoms with Crippen molar-refractivity contribution in [2.24, 2.45) is 0 Å². The Morgan fingerprint density at radius 2 is 1.56 bits per heavy atom. The predicted octanol–water partition coefficient (Wildman–Crippen LogP) is 6.45. The van der Waals surface area contributed by atoms with Gasteiger partial charge in [0.1, 0.15) is 12.6 Å². The number of nitrogens with one attached hydrogen (secondary N) is 1. The molecule has 218 valence electrons. The van der Waals surface area contributed by atoms with Gasteiger partial charge in [0.2, 0.25) is 11.8 Å². The van der Waals surface area contributed by atoms with Crippen molar-refractivity contribution < 1.29 is 18.0 Å². The first-order chi connectivity index (χ1) is 19.7. The smallest absolute Gasteiger partial charge is 0.264 e. The summed E-state index contributed by atoms with van der Waals surface area (Å²) in [5.74, 6) is -0.767. The molecule has 0 heterocycles. The molecule has 3 aromatic rings. The first-order valence-electron chi connectivity index (χ1n) is 13.9. The van der Waals surface area contributed by atoms with Crippen molar-refractivity contribution >= 4 is 50.7 Å². The molecule has 0 bridgehead atoms. The van der Waals surface area contributed by atoms with Crippen LogP contribution in [-0.2, 0) is 26.2 Å². The molecule has 1 saturated carbocycles. The maximum Gasteiger partial charge on any atom is 0.264 e. The highest BCUT2D eigenvalue weighted by Gasteiger charge is 2.35. The molecule has 3 aromatic carbocycles. The van der Waals surface area contributed by atoms with Gasteiger partial charge in [-0.25, -0.2) is 8.42 Å². The van der Waals surface area contributed by atoms with E-state index in [0.29, 0.717) is 6.42 Å². The number of hydrogen-bond acceptors (Lipinski definition) is 4. The third kappa shape index (κ3) is 7.82. The van der Waals surface area contributed by atoms with Crippen LogP contribution < -0.4 is 9.62 Å². The fraction of sp³-hybridized carbons (Fsp3) is 0.355. The zero-order valence-electron chi connectivity index (χ0n) is 23.0. The van der Waals surface area contributed by atoms with Crippen LogP contribution in [0.5, 0.6) is 0 Å². The maximum absolute atomic E-state index is 14.2. The number of hydrogen-bond donors (Lipinski definition) is 1. The van der Waals surface area contributed by atoms with Crippen LogP contribution in [0.25, 0.3) is 0 Å². The minimum Gasteiger partial charge on any atom is -0.352 e. The van der Waals surface area contributed by atoms with E-state index in [0.717, 1.165) is 42.0 Å². The van der Waals surface area contributed by atoms with Crippen LogP contribution in [-0.4, -0.2) is 43.8 Å². The van der Waals surface area contributed by atoms with Crippen molar-refractivity contribution in [3.05, 3.63) is 94.5 Å². The lowest BCUT2D eigenvalue weighted by molar-refractivity contribution is -0.140. The van der Waals surface area contributed by atoms with Crippen molar-refractivity contribution in [2.75, 3.05) is 10.8 Å². The number of halogens is 2. The average Bonchev–Trinajstić information content (AvgIpc) is 2.98. The van der Waals surface area contributed by atoms with Gasteiger partial charge in [-0.05, 0) is 55.2 Å². The highest BCUT2D eigenvalue weighted by molar-refractivity contribution is 7.92. The second-order valence-electron chi connectivity index (χ2n) is 10.2. The standard InChI is InChI=1S/C31H35Cl2N3O4S/c1-2-28(31(38)34-25-14-8-4-9-15-25)35(21-23-12-6-3-7-13-23)30(37)22-36(29-20-24(32)18-19-27(29)33)41(39,40)26-16-10-5-11-17-26/h3,5-7,10-13,16-20,25,28H,2,4,8-9,14-15,21-22H2,1H3,(H,34,38)/t28-/m1/s1. The van der Waals surface area contributed by atoms with Gasteiger partial charge in [0.25, 0.3) is 10.0 Å². The summed E-state index contributed by atoms with van der Waals surface area (Å²) in [6, 6.07) is 20.9. The molecule has 4 rings (SSSR count). The van der Waals surface area contributed by atoms with E-state index in [-0.39, 0.29) is 39.1 Å². The van der Waals surface area contributed by atoms with Crippen molar-refractivity contribution in [2.45, 2.75) is 69.0 Å². The molecule has 0 radical (unpaired) electrons. The Morgan fingerprint density at radius 1 is 0.927 bits per heavy atom. The molecule has 1 fully saturated rings. The van der Waals surface area contributed by atoms with Gasteiger partial charge in [-0.15, -0.1) is 0 Å². The number of anilines is 1. The van der Waals surface area contributed by atoms with Crippen LogP contribution in [0.15, 0.2) is 83.8 Å². The monoisotopic (exact) mass is 615 g/mol. The summed E-state index contributed by atoms with van der Waals surface area (Å²) in [5.41, 5.74) is 0.902. The van der Waals surface area contributed by atoms with E-state index in [2.05, 4.69) is 5.32 Å². The molecular formula is C31H35Cl2N3O4S. The number of rotatable bonds is 11. The van der Waals surface area contributed by atoms with E-state index < -0.39 is 28.5 Å². The molecule has 2 amide bonds. The Morgan fingerprint density at radius 3 is 2.20 bits per heavy atom. The topological polar surface area (TPSA) is 86.8 Å². The predicted molar refractivity (Wildman–Crippen MR) is 164 cm³/mol. The van der Waals surface area contributed by atoms with E-state index in [4.69, 9.17) is 23.2 Å². The molecule has 1 atom stereocenters. The van der Waals surface area contributed by atoms with Crippen molar-refractivity contribution in [3.63, 3.8) is 0 Å². The lowest BCUT2D eigenvalue weighted by Gasteiger charge is -2.34. The van der Waals surface area contributed by atoms with Crippen LogP contribution in [0.4, 0.5) is 5.69 Å². The first kappa shape index (κ1) is 30.9. The number of nitrogens with zero attached hydrogens (tertiary/aromatic N) is 2. The minimum atomic E-state index is -4.23. The van der Waals surface area contributed by atoms with Gasteiger partial charge in [0.15, 0.2) is 0 Å². The molecule has 7 nitrogen and oxygen atoms in total. The number of amides is 2. The fourth-order valence-electron chi connectivity index (χ4n) is 5.15. The Hall–Kier alpha value is -3.07. The van der Waals surface area contributed by atoms with E-state index >= 15 is 0 Å². The van der Waals surface area contributed by atoms with Crippen LogP contribution in [0.1, 0.15) is 51.0 Å². The number of carbonyl (C=O) groups excluding carboxylic acids is 2. The molecule has 0 unspecified atom stereocenters. The molecule has 41 heavy (non-hydrogen) atoms. The van der Waals surface area contributed by atoms with E-state index in [1.165, 1.54) is 29.2 Å². The van der Waals surface area contributed by atoms with Crippen LogP contribution in [0.2, 0.25) is 10.0 Å². The maximum atomic E-state index is 14.2. The summed E-state index contributed by atoms with van der Waals surface area (Å²) in [4.78, 5) is 29.2. The van der Waals surface area contributed by atoms with Gasteiger partial charge < -0.3 is 10.2 Å². The number of carbonyl (C=O) groups is 2. The summed E-state index contributed by atoms with van der Waals surface area (Å²) in [7, 11) is -4.23. The zero-order chi connectivity index (χ0) is 29.4. The summed E-state index contributed by atoms with van der Waals surface area (Å²) in [5, 5.41) is 3.54. The van der Waals surface area contributed by atoms with Gasteiger partial charge in [-0.3, -0.25) is 13.9 Å². The molecule has 0 saturated heterocycles. The van der Waals surface area contributed by atoms with Gasteiger partial charge >= 0.3 is 0 Å². The lowest BCUT2D eigenvalue weighted by atomic mass is 9.95. The highest BCUT2D eigenvalue weighted by Crippen LogP contribution is 2.33. The normalized spacial score (nSPS) is 14.7. The summed E-state index contributed by atoms with van der Waals surface area (Å²) in [6.45, 7) is 1.42. The largest absolute Gasteiger partial charge is 0.352 e. The van der Waals surface area contributed by atoms with Gasteiger partial charge in [0, 0.05) is 17.6 Å². The molecule has 0 aromatic heterocycles. The summed E-state index contributed by atoms with van der Waals surface area (Å²) < 4.78 is 28.8. The van der Waals surface area contributed by atoms with Gasteiger partial charge in [-0.2, -0.15) is 0 Å². The first-order valence-corrected chi connectivity index (χ1v) is 16.1.